The number of hydrogen-bond donors (Lipinski definition) is 2. The van der Waals surface area contributed by atoms with Crippen LogP contribution in [0.2, 0.25) is 0 Å². The number of benzene rings is 1. The minimum Gasteiger partial charge on any atom is -0.305 e. The number of amides is 1. The zero-order chi connectivity index (χ0) is 14.9. The highest BCUT2D eigenvalue weighted by molar-refractivity contribution is 6.04. The van der Waals surface area contributed by atoms with Gasteiger partial charge in [0.15, 0.2) is 5.82 Å². The number of carbonyl (C=O) groups is 1. The van der Waals surface area contributed by atoms with Crippen LogP contribution < -0.4 is 5.32 Å². The molecule has 0 atom stereocenters. The number of aromatic amines is 1. The summed E-state index contributed by atoms with van der Waals surface area (Å²) in [4.78, 5) is 12.1. The van der Waals surface area contributed by atoms with E-state index in [1.807, 2.05) is 20.8 Å². The number of halogens is 1. The maximum absolute atomic E-state index is 13.2. The first-order valence-electron chi connectivity index (χ1n) is 6.41. The molecule has 1 aromatic carbocycles. The first-order valence-corrected chi connectivity index (χ1v) is 6.41. The fourth-order valence-electron chi connectivity index (χ4n) is 1.79. The minimum absolute atomic E-state index is 0.0786. The van der Waals surface area contributed by atoms with Gasteiger partial charge in [-0.2, -0.15) is 5.10 Å². The van der Waals surface area contributed by atoms with Crippen molar-refractivity contribution in [2.75, 3.05) is 5.32 Å². The van der Waals surface area contributed by atoms with Crippen molar-refractivity contribution in [3.05, 3.63) is 46.9 Å². The van der Waals surface area contributed by atoms with E-state index in [2.05, 4.69) is 15.5 Å². The molecule has 1 amide bonds. The van der Waals surface area contributed by atoms with Gasteiger partial charge >= 0.3 is 0 Å². The maximum atomic E-state index is 13.2. The molecule has 0 fully saturated rings. The Balaban J connectivity index is 2.20. The van der Waals surface area contributed by atoms with Gasteiger partial charge in [0.1, 0.15) is 5.82 Å². The predicted molar refractivity (Wildman–Crippen MR) is 76.4 cm³/mol. The lowest BCUT2D eigenvalue weighted by Crippen LogP contribution is -2.14. The van der Waals surface area contributed by atoms with E-state index in [-0.39, 0.29) is 11.3 Å². The summed E-state index contributed by atoms with van der Waals surface area (Å²) in [5.41, 5.74) is 1.87. The summed E-state index contributed by atoms with van der Waals surface area (Å²) in [5.74, 6) is -0.365. The molecule has 0 bridgehead atoms. The van der Waals surface area contributed by atoms with E-state index < -0.39 is 5.82 Å². The van der Waals surface area contributed by atoms with Crippen molar-refractivity contribution >= 4 is 11.7 Å². The van der Waals surface area contributed by atoms with Crippen molar-refractivity contribution < 1.29 is 9.18 Å². The molecule has 0 aliphatic rings. The molecular formula is C15H18FN3O. The molecule has 0 aliphatic carbocycles. The smallest absolute Gasteiger partial charge is 0.257 e. The van der Waals surface area contributed by atoms with Crippen molar-refractivity contribution in [3.8, 4) is 0 Å². The van der Waals surface area contributed by atoms with E-state index in [1.54, 1.807) is 19.1 Å². The standard InChI is InChI=1S/C15H18FN3O/c1-9-5-6-10(16)7-11(9)14(20)17-13-8-12(18-19-13)15(2,3)4/h5-8H,1-4H3,(H2,17,18,19,20). The number of aromatic nitrogens is 2. The van der Waals surface area contributed by atoms with Crippen LogP contribution in [0.1, 0.15) is 42.4 Å². The van der Waals surface area contributed by atoms with Crippen LogP contribution in [0.4, 0.5) is 10.2 Å². The summed E-state index contributed by atoms with van der Waals surface area (Å²) in [7, 11) is 0. The average Bonchev–Trinajstić information content (AvgIpc) is 2.80. The molecule has 0 saturated heterocycles. The van der Waals surface area contributed by atoms with E-state index in [1.165, 1.54) is 12.1 Å². The molecule has 0 saturated carbocycles. The second kappa shape index (κ2) is 5.07. The molecule has 2 aromatic rings. The number of hydrogen-bond acceptors (Lipinski definition) is 2. The average molecular weight is 275 g/mol. The third kappa shape index (κ3) is 3.04. The maximum Gasteiger partial charge on any atom is 0.257 e. The summed E-state index contributed by atoms with van der Waals surface area (Å²) in [5, 5.41) is 9.61. The fourth-order valence-corrected chi connectivity index (χ4v) is 1.79. The van der Waals surface area contributed by atoms with Crippen LogP contribution >= 0.6 is 0 Å². The minimum atomic E-state index is -0.432. The highest BCUT2D eigenvalue weighted by atomic mass is 19.1. The van der Waals surface area contributed by atoms with Gasteiger partial charge in [-0.25, -0.2) is 4.39 Å². The Hall–Kier alpha value is -2.17. The first kappa shape index (κ1) is 14.2. The van der Waals surface area contributed by atoms with Crippen LogP contribution in [0.3, 0.4) is 0 Å². The first-order chi connectivity index (χ1) is 9.27. The molecule has 1 heterocycles. The summed E-state index contributed by atoms with van der Waals surface area (Å²) >= 11 is 0. The zero-order valence-corrected chi connectivity index (χ0v) is 12.0. The van der Waals surface area contributed by atoms with Gasteiger partial charge in [-0.1, -0.05) is 26.8 Å². The van der Waals surface area contributed by atoms with Crippen LogP contribution in [0.15, 0.2) is 24.3 Å². The van der Waals surface area contributed by atoms with Crippen LogP contribution in [0, 0.1) is 12.7 Å². The van der Waals surface area contributed by atoms with Crippen molar-refractivity contribution in [1.29, 1.82) is 0 Å². The third-order valence-corrected chi connectivity index (χ3v) is 3.07. The highest BCUT2D eigenvalue weighted by Gasteiger charge is 2.18. The lowest BCUT2D eigenvalue weighted by Gasteiger charge is -2.14. The topological polar surface area (TPSA) is 57.8 Å². The number of rotatable bonds is 2. The van der Waals surface area contributed by atoms with E-state index >= 15 is 0 Å². The molecule has 106 valence electrons. The lowest BCUT2D eigenvalue weighted by molar-refractivity contribution is 0.102. The van der Waals surface area contributed by atoms with Gasteiger partial charge in [0, 0.05) is 22.7 Å². The third-order valence-electron chi connectivity index (χ3n) is 3.07. The molecule has 1 aromatic heterocycles. The van der Waals surface area contributed by atoms with E-state index in [0.717, 1.165) is 11.3 Å². The number of aryl methyl sites for hydroxylation is 1. The summed E-state index contributed by atoms with van der Waals surface area (Å²) in [6.07, 6.45) is 0. The predicted octanol–water partition coefficient (Wildman–Crippen LogP) is 3.41. The van der Waals surface area contributed by atoms with E-state index in [9.17, 15) is 9.18 Å². The summed E-state index contributed by atoms with van der Waals surface area (Å²) in [6, 6.07) is 5.92. The molecular weight excluding hydrogens is 257 g/mol. The van der Waals surface area contributed by atoms with Gasteiger partial charge in [-0.15, -0.1) is 0 Å². The number of H-pyrrole nitrogens is 1. The highest BCUT2D eigenvalue weighted by Crippen LogP contribution is 2.22. The summed E-state index contributed by atoms with van der Waals surface area (Å²) in [6.45, 7) is 7.90. The van der Waals surface area contributed by atoms with Crippen LogP contribution in [-0.2, 0) is 5.41 Å². The number of carbonyl (C=O) groups excluding carboxylic acids is 1. The molecule has 2 rings (SSSR count). The van der Waals surface area contributed by atoms with Gasteiger partial charge < -0.3 is 5.32 Å². The molecule has 0 radical (unpaired) electrons. The number of anilines is 1. The fraction of sp³-hybridized carbons (Fsp3) is 0.333. The second-order valence-electron chi connectivity index (χ2n) is 5.83. The number of nitrogens with one attached hydrogen (secondary N) is 2. The zero-order valence-electron chi connectivity index (χ0n) is 12.0. The largest absolute Gasteiger partial charge is 0.305 e. The Labute approximate surface area is 117 Å². The van der Waals surface area contributed by atoms with Crippen molar-refractivity contribution in [3.63, 3.8) is 0 Å². The molecule has 4 nitrogen and oxygen atoms in total. The van der Waals surface area contributed by atoms with Crippen LogP contribution in [-0.4, -0.2) is 16.1 Å². The van der Waals surface area contributed by atoms with E-state index in [4.69, 9.17) is 0 Å². The van der Waals surface area contributed by atoms with Gasteiger partial charge in [0.05, 0.1) is 0 Å². The van der Waals surface area contributed by atoms with Crippen molar-refractivity contribution in [2.45, 2.75) is 33.1 Å². The SMILES string of the molecule is Cc1ccc(F)cc1C(=O)Nc1cc(C(C)(C)C)[nH]n1. The van der Waals surface area contributed by atoms with Crippen molar-refractivity contribution in [2.24, 2.45) is 0 Å². The summed E-state index contributed by atoms with van der Waals surface area (Å²) < 4.78 is 13.2. The molecule has 5 heteroatoms. The molecule has 0 unspecified atom stereocenters. The Bertz CT molecular complexity index is 641. The van der Waals surface area contributed by atoms with E-state index in [0.29, 0.717) is 11.4 Å². The van der Waals surface area contributed by atoms with Gasteiger partial charge in [0.2, 0.25) is 0 Å². The Morgan fingerprint density at radius 1 is 1.30 bits per heavy atom. The van der Waals surface area contributed by atoms with Crippen LogP contribution in [0.5, 0.6) is 0 Å². The molecule has 20 heavy (non-hydrogen) atoms. The Morgan fingerprint density at radius 3 is 2.60 bits per heavy atom. The second-order valence-corrected chi connectivity index (χ2v) is 5.83. The van der Waals surface area contributed by atoms with Crippen molar-refractivity contribution in [1.82, 2.24) is 10.2 Å². The number of nitrogens with zero attached hydrogens (tertiary/aromatic N) is 1. The van der Waals surface area contributed by atoms with Gasteiger partial charge in [-0.3, -0.25) is 9.89 Å². The lowest BCUT2D eigenvalue weighted by atomic mass is 9.92. The van der Waals surface area contributed by atoms with Gasteiger partial charge in [-0.05, 0) is 24.6 Å². The monoisotopic (exact) mass is 275 g/mol. The van der Waals surface area contributed by atoms with Crippen LogP contribution in [0.25, 0.3) is 0 Å². The normalized spacial score (nSPS) is 11.4. The quantitative estimate of drug-likeness (QED) is 0.882. The molecule has 0 spiro atoms. The Morgan fingerprint density at radius 2 is 2.00 bits per heavy atom. The molecule has 0 aliphatic heterocycles. The Kier molecular flexibility index (Phi) is 3.61. The van der Waals surface area contributed by atoms with Gasteiger partial charge in [0.25, 0.3) is 5.91 Å². The molecule has 2 N–H and O–H groups in total.